The SMILES string of the molecule is CC(C)[C@H](O)CCN[C@H]1CCN(CC(F)(F)F)C1. The van der Waals surface area contributed by atoms with Gasteiger partial charge in [0.25, 0.3) is 0 Å². The average Bonchev–Trinajstić information content (AvgIpc) is 2.62. The molecule has 0 aromatic rings. The third-order valence-electron chi connectivity index (χ3n) is 3.32. The summed E-state index contributed by atoms with van der Waals surface area (Å²) >= 11 is 0. The summed E-state index contributed by atoms with van der Waals surface area (Å²) in [4.78, 5) is 1.43. The highest BCUT2D eigenvalue weighted by atomic mass is 19.4. The molecule has 1 rings (SSSR count). The highest BCUT2D eigenvalue weighted by Crippen LogP contribution is 2.19. The van der Waals surface area contributed by atoms with Crippen LogP contribution in [0, 0.1) is 5.92 Å². The largest absolute Gasteiger partial charge is 0.401 e. The lowest BCUT2D eigenvalue weighted by Gasteiger charge is -2.19. The number of nitrogens with one attached hydrogen (secondary N) is 1. The van der Waals surface area contributed by atoms with Gasteiger partial charge in [-0.3, -0.25) is 4.90 Å². The van der Waals surface area contributed by atoms with E-state index in [1.807, 2.05) is 13.8 Å². The monoisotopic (exact) mass is 268 g/mol. The van der Waals surface area contributed by atoms with Crippen LogP contribution in [0.1, 0.15) is 26.7 Å². The summed E-state index contributed by atoms with van der Waals surface area (Å²) in [6.07, 6.45) is -3.06. The summed E-state index contributed by atoms with van der Waals surface area (Å²) in [5, 5.41) is 12.8. The summed E-state index contributed by atoms with van der Waals surface area (Å²) in [6.45, 7) is 4.67. The molecule has 0 bridgehead atoms. The van der Waals surface area contributed by atoms with E-state index in [1.165, 1.54) is 4.90 Å². The minimum Gasteiger partial charge on any atom is -0.393 e. The number of hydrogen-bond donors (Lipinski definition) is 2. The summed E-state index contributed by atoms with van der Waals surface area (Å²) in [6, 6.07) is 0.117. The normalized spacial score (nSPS) is 23.8. The van der Waals surface area contributed by atoms with Gasteiger partial charge in [-0.1, -0.05) is 13.8 Å². The van der Waals surface area contributed by atoms with Gasteiger partial charge < -0.3 is 10.4 Å². The Labute approximate surface area is 106 Å². The standard InChI is InChI=1S/C12H23F3N2O/c1-9(2)11(18)3-5-16-10-4-6-17(7-10)8-12(13,14)15/h9-11,16,18H,3-8H2,1-2H3/t10-,11+/m0/s1. The average molecular weight is 268 g/mol. The molecule has 2 N–H and O–H groups in total. The van der Waals surface area contributed by atoms with Gasteiger partial charge in [-0.2, -0.15) is 13.2 Å². The fourth-order valence-corrected chi connectivity index (χ4v) is 2.17. The number of hydrogen-bond acceptors (Lipinski definition) is 3. The summed E-state index contributed by atoms with van der Waals surface area (Å²) in [5.74, 6) is 0.220. The van der Waals surface area contributed by atoms with Crippen molar-refractivity contribution in [3.8, 4) is 0 Å². The van der Waals surface area contributed by atoms with E-state index in [2.05, 4.69) is 5.32 Å². The van der Waals surface area contributed by atoms with E-state index in [-0.39, 0.29) is 18.1 Å². The van der Waals surface area contributed by atoms with Crippen molar-refractivity contribution < 1.29 is 18.3 Å². The summed E-state index contributed by atoms with van der Waals surface area (Å²) in [7, 11) is 0. The Kier molecular flexibility index (Phi) is 5.88. The van der Waals surface area contributed by atoms with Crippen LogP contribution >= 0.6 is 0 Å². The number of rotatable bonds is 6. The quantitative estimate of drug-likeness (QED) is 0.768. The van der Waals surface area contributed by atoms with Gasteiger partial charge in [0.05, 0.1) is 12.6 Å². The molecular formula is C12H23F3N2O. The highest BCUT2D eigenvalue weighted by Gasteiger charge is 2.34. The van der Waals surface area contributed by atoms with Gasteiger partial charge in [0.1, 0.15) is 0 Å². The van der Waals surface area contributed by atoms with Gasteiger partial charge >= 0.3 is 6.18 Å². The Balaban J connectivity index is 2.15. The second kappa shape index (κ2) is 6.73. The van der Waals surface area contributed by atoms with Crippen molar-refractivity contribution in [3.63, 3.8) is 0 Å². The Morgan fingerprint density at radius 2 is 2.06 bits per heavy atom. The molecule has 0 aliphatic carbocycles. The lowest BCUT2D eigenvalue weighted by Crippen LogP contribution is -2.37. The first-order chi connectivity index (χ1) is 8.28. The fraction of sp³-hybridized carbons (Fsp3) is 1.00. The number of aliphatic hydroxyl groups excluding tert-OH is 1. The van der Waals surface area contributed by atoms with Crippen LogP contribution in [-0.2, 0) is 0 Å². The third kappa shape index (κ3) is 6.02. The number of likely N-dealkylation sites (tertiary alicyclic amines) is 1. The summed E-state index contributed by atoms with van der Waals surface area (Å²) < 4.78 is 36.6. The molecule has 0 unspecified atom stereocenters. The molecule has 18 heavy (non-hydrogen) atoms. The Hall–Kier alpha value is -0.330. The zero-order chi connectivity index (χ0) is 13.8. The maximum absolute atomic E-state index is 12.2. The molecule has 0 aromatic carbocycles. The number of aliphatic hydroxyl groups is 1. The molecule has 0 saturated carbocycles. The summed E-state index contributed by atoms with van der Waals surface area (Å²) in [5.41, 5.74) is 0. The molecular weight excluding hydrogens is 245 g/mol. The van der Waals surface area contributed by atoms with Crippen molar-refractivity contribution in [2.24, 2.45) is 5.92 Å². The zero-order valence-corrected chi connectivity index (χ0v) is 11.0. The van der Waals surface area contributed by atoms with Gasteiger partial charge in [-0.15, -0.1) is 0 Å². The smallest absolute Gasteiger partial charge is 0.393 e. The molecule has 0 amide bonds. The van der Waals surface area contributed by atoms with Crippen LogP contribution in [0.3, 0.4) is 0 Å². The molecule has 1 heterocycles. The van der Waals surface area contributed by atoms with Crippen LogP contribution in [0.25, 0.3) is 0 Å². The van der Waals surface area contributed by atoms with Gasteiger partial charge in [0, 0.05) is 19.1 Å². The molecule has 0 spiro atoms. The van der Waals surface area contributed by atoms with Gasteiger partial charge in [0.2, 0.25) is 0 Å². The van der Waals surface area contributed by atoms with Gasteiger partial charge in [0.15, 0.2) is 0 Å². The minimum absolute atomic E-state index is 0.117. The maximum atomic E-state index is 12.2. The van der Waals surface area contributed by atoms with Crippen molar-refractivity contribution in [1.82, 2.24) is 10.2 Å². The van der Waals surface area contributed by atoms with E-state index in [1.54, 1.807) is 0 Å². The molecule has 2 atom stereocenters. The van der Waals surface area contributed by atoms with E-state index < -0.39 is 12.7 Å². The van der Waals surface area contributed by atoms with Gasteiger partial charge in [-0.05, 0) is 25.3 Å². The van der Waals surface area contributed by atoms with Crippen LogP contribution in [0.4, 0.5) is 13.2 Å². The zero-order valence-electron chi connectivity index (χ0n) is 11.0. The molecule has 108 valence electrons. The second-order valence-corrected chi connectivity index (χ2v) is 5.39. The van der Waals surface area contributed by atoms with Crippen LogP contribution < -0.4 is 5.32 Å². The first kappa shape index (κ1) is 15.7. The third-order valence-corrected chi connectivity index (χ3v) is 3.32. The number of alkyl halides is 3. The van der Waals surface area contributed by atoms with Crippen LogP contribution in [0.15, 0.2) is 0 Å². The van der Waals surface area contributed by atoms with E-state index in [4.69, 9.17) is 0 Å². The second-order valence-electron chi connectivity index (χ2n) is 5.39. The van der Waals surface area contributed by atoms with Crippen molar-refractivity contribution in [2.45, 2.75) is 45.0 Å². The minimum atomic E-state index is -4.11. The lowest BCUT2D eigenvalue weighted by molar-refractivity contribution is -0.143. The molecule has 1 aliphatic heterocycles. The molecule has 1 aliphatic rings. The maximum Gasteiger partial charge on any atom is 0.401 e. The van der Waals surface area contributed by atoms with Crippen molar-refractivity contribution in [1.29, 1.82) is 0 Å². The number of nitrogens with zero attached hydrogens (tertiary/aromatic N) is 1. The highest BCUT2D eigenvalue weighted by molar-refractivity contribution is 4.82. The Morgan fingerprint density at radius 1 is 1.39 bits per heavy atom. The molecule has 1 saturated heterocycles. The predicted molar refractivity (Wildman–Crippen MR) is 64.4 cm³/mol. The van der Waals surface area contributed by atoms with Gasteiger partial charge in [-0.25, -0.2) is 0 Å². The van der Waals surface area contributed by atoms with E-state index in [0.29, 0.717) is 26.1 Å². The Morgan fingerprint density at radius 3 is 2.61 bits per heavy atom. The fourth-order valence-electron chi connectivity index (χ4n) is 2.17. The van der Waals surface area contributed by atoms with Crippen LogP contribution in [0.2, 0.25) is 0 Å². The van der Waals surface area contributed by atoms with E-state index in [9.17, 15) is 18.3 Å². The first-order valence-electron chi connectivity index (χ1n) is 6.48. The topological polar surface area (TPSA) is 35.5 Å². The molecule has 6 heteroatoms. The van der Waals surface area contributed by atoms with E-state index in [0.717, 1.165) is 6.42 Å². The first-order valence-corrected chi connectivity index (χ1v) is 6.48. The van der Waals surface area contributed by atoms with Crippen LogP contribution in [0.5, 0.6) is 0 Å². The molecule has 0 radical (unpaired) electrons. The number of halogens is 3. The van der Waals surface area contributed by atoms with Crippen LogP contribution in [-0.4, -0.2) is 54.5 Å². The molecule has 1 fully saturated rings. The van der Waals surface area contributed by atoms with Crippen molar-refractivity contribution in [3.05, 3.63) is 0 Å². The molecule has 3 nitrogen and oxygen atoms in total. The predicted octanol–water partition coefficient (Wildman–Crippen LogP) is 1.62. The molecule has 0 aromatic heterocycles. The van der Waals surface area contributed by atoms with Crippen molar-refractivity contribution in [2.75, 3.05) is 26.2 Å². The van der Waals surface area contributed by atoms with E-state index >= 15 is 0 Å². The van der Waals surface area contributed by atoms with Crippen molar-refractivity contribution >= 4 is 0 Å². The lowest BCUT2D eigenvalue weighted by atomic mass is 10.0. The Bertz CT molecular complexity index is 246.